The first-order valence-corrected chi connectivity index (χ1v) is 9.60. The topological polar surface area (TPSA) is 71.1 Å². The summed E-state index contributed by atoms with van der Waals surface area (Å²) < 4.78 is 28.4. The Labute approximate surface area is 136 Å². The SMILES string of the molecule is CCCCC(C)NS(=O)(=O)c1cc(Br)cnc1NCCC. The van der Waals surface area contributed by atoms with Gasteiger partial charge in [-0.2, -0.15) is 0 Å². The smallest absolute Gasteiger partial charge is 0.244 e. The van der Waals surface area contributed by atoms with Crippen LogP contribution < -0.4 is 10.0 Å². The zero-order valence-corrected chi connectivity index (χ0v) is 15.2. The summed E-state index contributed by atoms with van der Waals surface area (Å²) in [5.74, 6) is 0.398. The Morgan fingerprint density at radius 1 is 1.33 bits per heavy atom. The minimum Gasteiger partial charge on any atom is -0.369 e. The van der Waals surface area contributed by atoms with Crippen LogP contribution in [0.1, 0.15) is 46.5 Å². The van der Waals surface area contributed by atoms with Crippen molar-refractivity contribution in [3.63, 3.8) is 0 Å². The molecule has 7 heteroatoms. The van der Waals surface area contributed by atoms with Gasteiger partial charge in [-0.05, 0) is 41.8 Å². The third-order valence-electron chi connectivity index (χ3n) is 3.00. The molecule has 0 spiro atoms. The lowest BCUT2D eigenvalue weighted by Crippen LogP contribution is -2.33. The van der Waals surface area contributed by atoms with Crippen LogP contribution in [0.25, 0.3) is 0 Å². The van der Waals surface area contributed by atoms with Crippen molar-refractivity contribution in [3.05, 3.63) is 16.7 Å². The average molecular weight is 378 g/mol. The molecule has 0 saturated carbocycles. The van der Waals surface area contributed by atoms with Crippen LogP contribution >= 0.6 is 15.9 Å². The van der Waals surface area contributed by atoms with Gasteiger partial charge in [0.05, 0.1) is 0 Å². The van der Waals surface area contributed by atoms with E-state index in [0.29, 0.717) is 16.8 Å². The monoisotopic (exact) mass is 377 g/mol. The van der Waals surface area contributed by atoms with Gasteiger partial charge in [-0.15, -0.1) is 0 Å². The van der Waals surface area contributed by atoms with E-state index >= 15 is 0 Å². The van der Waals surface area contributed by atoms with Crippen LogP contribution in [0.4, 0.5) is 5.82 Å². The summed E-state index contributed by atoms with van der Waals surface area (Å²) >= 11 is 3.28. The van der Waals surface area contributed by atoms with E-state index < -0.39 is 10.0 Å². The van der Waals surface area contributed by atoms with Crippen LogP contribution in [-0.4, -0.2) is 26.0 Å². The van der Waals surface area contributed by atoms with E-state index in [1.165, 1.54) is 0 Å². The molecule has 0 aromatic carbocycles. The molecule has 0 radical (unpaired) electrons. The predicted octanol–water partition coefficient (Wildman–Crippen LogP) is 3.52. The maximum atomic E-state index is 12.5. The first kappa shape index (κ1) is 18.4. The van der Waals surface area contributed by atoms with Crippen molar-refractivity contribution in [2.75, 3.05) is 11.9 Å². The minimum atomic E-state index is -3.58. The predicted molar refractivity (Wildman–Crippen MR) is 90.0 cm³/mol. The highest BCUT2D eigenvalue weighted by molar-refractivity contribution is 9.10. The summed E-state index contributed by atoms with van der Waals surface area (Å²) in [6.45, 7) is 6.68. The molecule has 5 nitrogen and oxygen atoms in total. The summed E-state index contributed by atoms with van der Waals surface area (Å²) in [5, 5.41) is 3.06. The average Bonchev–Trinajstić information content (AvgIpc) is 2.43. The van der Waals surface area contributed by atoms with E-state index in [1.54, 1.807) is 12.3 Å². The normalized spacial score (nSPS) is 13.1. The third kappa shape index (κ3) is 5.92. The van der Waals surface area contributed by atoms with E-state index in [9.17, 15) is 8.42 Å². The number of sulfonamides is 1. The van der Waals surface area contributed by atoms with Crippen LogP contribution in [0.5, 0.6) is 0 Å². The van der Waals surface area contributed by atoms with Crippen molar-refractivity contribution in [2.45, 2.75) is 57.4 Å². The van der Waals surface area contributed by atoms with Crippen molar-refractivity contribution < 1.29 is 8.42 Å². The zero-order chi connectivity index (χ0) is 15.9. The van der Waals surface area contributed by atoms with Gasteiger partial charge in [-0.1, -0.05) is 26.7 Å². The summed E-state index contributed by atoms with van der Waals surface area (Å²) in [5.41, 5.74) is 0. The zero-order valence-electron chi connectivity index (χ0n) is 12.8. The Hall–Kier alpha value is -0.660. The lowest BCUT2D eigenvalue weighted by atomic mass is 10.2. The summed E-state index contributed by atoms with van der Waals surface area (Å²) in [7, 11) is -3.58. The molecule has 1 aromatic heterocycles. The molecule has 1 atom stereocenters. The summed E-state index contributed by atoms with van der Waals surface area (Å²) in [4.78, 5) is 4.36. The molecule has 0 saturated heterocycles. The van der Waals surface area contributed by atoms with Gasteiger partial charge in [0.1, 0.15) is 10.7 Å². The molecule has 2 N–H and O–H groups in total. The molecular weight excluding hydrogens is 354 g/mol. The molecule has 0 aliphatic heterocycles. The molecule has 1 heterocycles. The van der Waals surface area contributed by atoms with Crippen LogP contribution in [0, 0.1) is 0 Å². The standard InChI is InChI=1S/C14H24BrN3O2S/c1-4-6-7-11(3)18-21(19,20)13-9-12(15)10-17-14(13)16-8-5-2/h9-11,18H,4-8H2,1-3H3,(H,16,17). The van der Waals surface area contributed by atoms with Crippen LogP contribution in [0.2, 0.25) is 0 Å². The molecule has 0 aliphatic rings. The molecule has 1 aromatic rings. The highest BCUT2D eigenvalue weighted by atomic mass is 79.9. The molecular formula is C14H24BrN3O2S. The highest BCUT2D eigenvalue weighted by Gasteiger charge is 2.22. The lowest BCUT2D eigenvalue weighted by molar-refractivity contribution is 0.534. The summed E-state index contributed by atoms with van der Waals surface area (Å²) in [6.07, 6.45) is 5.37. The van der Waals surface area contributed by atoms with E-state index in [0.717, 1.165) is 25.7 Å². The number of halogens is 1. The van der Waals surface area contributed by atoms with Crippen LogP contribution in [0.3, 0.4) is 0 Å². The maximum absolute atomic E-state index is 12.5. The van der Waals surface area contributed by atoms with Gasteiger partial charge in [0.2, 0.25) is 10.0 Å². The highest BCUT2D eigenvalue weighted by Crippen LogP contribution is 2.23. The van der Waals surface area contributed by atoms with Gasteiger partial charge in [-0.3, -0.25) is 0 Å². The quantitative estimate of drug-likeness (QED) is 0.690. The second kappa shape index (κ2) is 8.70. The third-order valence-corrected chi connectivity index (χ3v) is 5.03. The Balaban J connectivity index is 2.97. The van der Waals surface area contributed by atoms with Crippen LogP contribution in [-0.2, 0) is 10.0 Å². The van der Waals surface area contributed by atoms with Crippen LogP contribution in [0.15, 0.2) is 21.6 Å². The Morgan fingerprint density at radius 3 is 2.67 bits per heavy atom. The number of anilines is 1. The van der Waals surface area contributed by atoms with Gasteiger partial charge >= 0.3 is 0 Å². The summed E-state index contributed by atoms with van der Waals surface area (Å²) in [6, 6.07) is 1.49. The van der Waals surface area contributed by atoms with Gasteiger partial charge in [0.15, 0.2) is 0 Å². The van der Waals surface area contributed by atoms with Crippen molar-refractivity contribution in [1.29, 1.82) is 0 Å². The molecule has 0 aliphatic carbocycles. The van der Waals surface area contributed by atoms with E-state index in [-0.39, 0.29) is 10.9 Å². The van der Waals surface area contributed by atoms with Crippen molar-refractivity contribution in [3.8, 4) is 0 Å². The minimum absolute atomic E-state index is 0.0899. The number of hydrogen-bond acceptors (Lipinski definition) is 4. The lowest BCUT2D eigenvalue weighted by Gasteiger charge is -2.16. The van der Waals surface area contributed by atoms with Gasteiger partial charge < -0.3 is 5.32 Å². The number of nitrogens with zero attached hydrogens (tertiary/aromatic N) is 1. The number of aromatic nitrogens is 1. The van der Waals surface area contributed by atoms with Gasteiger partial charge in [-0.25, -0.2) is 18.1 Å². The van der Waals surface area contributed by atoms with Gasteiger partial charge in [0, 0.05) is 23.3 Å². The molecule has 0 fully saturated rings. The van der Waals surface area contributed by atoms with Crippen molar-refractivity contribution in [1.82, 2.24) is 9.71 Å². The fourth-order valence-electron chi connectivity index (χ4n) is 1.90. The number of nitrogens with one attached hydrogen (secondary N) is 2. The molecule has 1 unspecified atom stereocenters. The Morgan fingerprint density at radius 2 is 2.05 bits per heavy atom. The van der Waals surface area contributed by atoms with E-state index in [2.05, 4.69) is 37.9 Å². The molecule has 0 bridgehead atoms. The van der Waals surface area contributed by atoms with Crippen molar-refractivity contribution >= 4 is 31.8 Å². The molecule has 1 rings (SSSR count). The molecule has 21 heavy (non-hydrogen) atoms. The second-order valence-electron chi connectivity index (χ2n) is 5.09. The first-order chi connectivity index (χ1) is 9.90. The largest absolute Gasteiger partial charge is 0.369 e. The Kier molecular flexibility index (Phi) is 7.62. The number of rotatable bonds is 9. The molecule has 0 amide bonds. The van der Waals surface area contributed by atoms with Gasteiger partial charge in [0.25, 0.3) is 0 Å². The molecule has 120 valence electrons. The van der Waals surface area contributed by atoms with E-state index in [1.807, 2.05) is 13.8 Å². The second-order valence-corrected chi connectivity index (χ2v) is 7.69. The Bertz CT molecular complexity index is 549. The number of unbranched alkanes of at least 4 members (excludes halogenated alkanes) is 1. The fraction of sp³-hybridized carbons (Fsp3) is 0.643. The fourth-order valence-corrected chi connectivity index (χ4v) is 3.82. The first-order valence-electron chi connectivity index (χ1n) is 7.32. The maximum Gasteiger partial charge on any atom is 0.244 e. The van der Waals surface area contributed by atoms with Crippen molar-refractivity contribution in [2.24, 2.45) is 0 Å². The van der Waals surface area contributed by atoms with E-state index in [4.69, 9.17) is 0 Å². The number of hydrogen-bond donors (Lipinski definition) is 2. The number of pyridine rings is 1.